The van der Waals surface area contributed by atoms with Gasteiger partial charge in [-0.3, -0.25) is 4.99 Å². The molecule has 0 radical (unpaired) electrons. The largest absolute Gasteiger partial charge is 0.416 e. The van der Waals surface area contributed by atoms with Crippen molar-refractivity contribution >= 4 is 39.8 Å². The van der Waals surface area contributed by atoms with E-state index >= 15 is 0 Å². The van der Waals surface area contributed by atoms with Crippen LogP contribution in [0.5, 0.6) is 0 Å². The number of aromatic nitrogens is 2. The number of rotatable bonds is 4. The monoisotopic (exact) mass is 571 g/mol. The van der Waals surface area contributed by atoms with E-state index in [4.69, 9.17) is 0 Å². The van der Waals surface area contributed by atoms with Gasteiger partial charge in [-0.25, -0.2) is 13.1 Å². The maximum Gasteiger partial charge on any atom is 0.416 e. The Bertz CT molecular complexity index is 1070. The molecule has 1 fully saturated rings. The van der Waals surface area contributed by atoms with Crippen molar-refractivity contribution in [2.45, 2.75) is 39.0 Å². The highest BCUT2D eigenvalue weighted by Gasteiger charge is 2.34. The SMILES string of the molecule is CN=C(NCc1ccc(-n2nc(C)cc2C)cc1C(F)(F)F)NC1CCS(=O)(=O)C1.I. The molecule has 1 atom stereocenters. The van der Waals surface area contributed by atoms with Gasteiger partial charge < -0.3 is 10.6 Å². The highest BCUT2D eigenvalue weighted by molar-refractivity contribution is 14.0. The molecule has 0 spiro atoms. The molecule has 2 aromatic rings. The number of benzene rings is 1. The Hall–Kier alpha value is -1.83. The van der Waals surface area contributed by atoms with E-state index in [2.05, 4.69) is 20.7 Å². The zero-order valence-electron chi connectivity index (χ0n) is 17.3. The van der Waals surface area contributed by atoms with E-state index in [1.807, 2.05) is 0 Å². The molecule has 1 aliphatic rings. The molecular weight excluding hydrogens is 546 g/mol. The molecule has 31 heavy (non-hydrogen) atoms. The van der Waals surface area contributed by atoms with Gasteiger partial charge in [0.15, 0.2) is 15.8 Å². The van der Waals surface area contributed by atoms with Crippen molar-refractivity contribution in [2.75, 3.05) is 18.6 Å². The normalized spacial score (nSPS) is 18.5. The second kappa shape index (κ2) is 9.76. The van der Waals surface area contributed by atoms with Gasteiger partial charge in [0, 0.05) is 25.3 Å². The van der Waals surface area contributed by atoms with Crippen LogP contribution in [0.2, 0.25) is 0 Å². The van der Waals surface area contributed by atoms with Gasteiger partial charge in [-0.05, 0) is 44.0 Å². The summed E-state index contributed by atoms with van der Waals surface area (Å²) in [5, 5.41) is 10.1. The summed E-state index contributed by atoms with van der Waals surface area (Å²) in [5.74, 6) is 0.333. The predicted molar refractivity (Wildman–Crippen MR) is 124 cm³/mol. The van der Waals surface area contributed by atoms with Crippen molar-refractivity contribution in [1.29, 1.82) is 0 Å². The first kappa shape index (κ1) is 25.4. The summed E-state index contributed by atoms with van der Waals surface area (Å²) in [6, 6.07) is 5.56. The summed E-state index contributed by atoms with van der Waals surface area (Å²) in [6.07, 6.45) is -4.10. The van der Waals surface area contributed by atoms with Crippen LogP contribution in [0.4, 0.5) is 13.2 Å². The maximum atomic E-state index is 13.7. The first-order valence-electron chi connectivity index (χ1n) is 9.40. The lowest BCUT2D eigenvalue weighted by molar-refractivity contribution is -0.138. The van der Waals surface area contributed by atoms with Gasteiger partial charge in [0.25, 0.3) is 0 Å². The van der Waals surface area contributed by atoms with Crippen molar-refractivity contribution in [1.82, 2.24) is 20.4 Å². The zero-order chi connectivity index (χ0) is 22.1. The number of halogens is 4. The van der Waals surface area contributed by atoms with Crippen molar-refractivity contribution in [2.24, 2.45) is 4.99 Å². The number of guanidine groups is 1. The van der Waals surface area contributed by atoms with Gasteiger partial charge in [0.05, 0.1) is 28.5 Å². The summed E-state index contributed by atoms with van der Waals surface area (Å²) >= 11 is 0. The van der Waals surface area contributed by atoms with E-state index in [9.17, 15) is 21.6 Å². The Morgan fingerprint density at radius 1 is 1.29 bits per heavy atom. The van der Waals surface area contributed by atoms with E-state index in [0.29, 0.717) is 12.1 Å². The molecule has 7 nitrogen and oxygen atoms in total. The Labute approximate surface area is 196 Å². The third kappa shape index (κ3) is 6.34. The standard InChI is InChI=1S/C19H24F3N5O2S.HI/c1-12-8-13(2)27(26-12)16-5-4-14(17(9-16)19(20,21)22)10-24-18(23-3)25-15-6-7-30(28,29)11-15;/h4-5,8-9,15H,6-7,10-11H2,1-3H3,(H2,23,24,25);1H. The molecular formula is C19H25F3IN5O2S. The third-order valence-electron chi connectivity index (χ3n) is 4.90. The summed E-state index contributed by atoms with van der Waals surface area (Å²) in [7, 11) is -1.60. The van der Waals surface area contributed by atoms with Gasteiger partial charge in [0.2, 0.25) is 0 Å². The summed E-state index contributed by atoms with van der Waals surface area (Å²) in [5.41, 5.74) is 1.07. The lowest BCUT2D eigenvalue weighted by atomic mass is 10.1. The summed E-state index contributed by atoms with van der Waals surface area (Å²) in [4.78, 5) is 3.99. The molecule has 1 aromatic carbocycles. The van der Waals surface area contributed by atoms with Crippen LogP contribution in [0, 0.1) is 13.8 Å². The average Bonchev–Trinajstić information content (AvgIpc) is 3.17. The van der Waals surface area contributed by atoms with E-state index in [1.54, 1.807) is 26.0 Å². The van der Waals surface area contributed by atoms with Gasteiger partial charge in [0.1, 0.15) is 0 Å². The molecule has 1 saturated heterocycles. The predicted octanol–water partition coefficient (Wildman–Crippen LogP) is 2.98. The van der Waals surface area contributed by atoms with Gasteiger partial charge in [-0.15, -0.1) is 24.0 Å². The lowest BCUT2D eigenvalue weighted by Gasteiger charge is -2.19. The van der Waals surface area contributed by atoms with E-state index in [0.717, 1.165) is 17.5 Å². The Morgan fingerprint density at radius 3 is 2.52 bits per heavy atom. The third-order valence-corrected chi connectivity index (χ3v) is 6.66. The lowest BCUT2D eigenvalue weighted by Crippen LogP contribution is -2.43. The van der Waals surface area contributed by atoms with Crippen molar-refractivity contribution < 1.29 is 21.6 Å². The quantitative estimate of drug-likeness (QED) is 0.335. The van der Waals surface area contributed by atoms with Gasteiger partial charge in [-0.1, -0.05) is 6.07 Å². The molecule has 1 aliphatic heterocycles. The molecule has 2 heterocycles. The topological polar surface area (TPSA) is 88.4 Å². The van der Waals surface area contributed by atoms with Crippen LogP contribution in [0.1, 0.15) is 28.9 Å². The smallest absolute Gasteiger partial charge is 0.353 e. The van der Waals surface area contributed by atoms with Crippen LogP contribution in [0.3, 0.4) is 0 Å². The summed E-state index contributed by atoms with van der Waals surface area (Å²) < 4.78 is 65.7. The number of aliphatic imine (C=N–C) groups is 1. The zero-order valence-corrected chi connectivity index (χ0v) is 20.5. The number of nitrogens with one attached hydrogen (secondary N) is 2. The Morgan fingerprint density at radius 2 is 2.00 bits per heavy atom. The minimum atomic E-state index is -4.54. The fourth-order valence-electron chi connectivity index (χ4n) is 3.48. The van der Waals surface area contributed by atoms with Crippen LogP contribution in [-0.2, 0) is 22.6 Å². The van der Waals surface area contributed by atoms with Gasteiger partial charge in [-0.2, -0.15) is 18.3 Å². The number of hydrogen-bond acceptors (Lipinski definition) is 4. The first-order valence-corrected chi connectivity index (χ1v) is 11.2. The minimum absolute atomic E-state index is 0. The molecule has 0 aliphatic carbocycles. The van der Waals surface area contributed by atoms with Crippen molar-refractivity contribution in [3.05, 3.63) is 46.8 Å². The van der Waals surface area contributed by atoms with Crippen molar-refractivity contribution in [3.63, 3.8) is 0 Å². The molecule has 0 amide bonds. The molecule has 2 N–H and O–H groups in total. The van der Waals surface area contributed by atoms with Gasteiger partial charge >= 0.3 is 6.18 Å². The van der Waals surface area contributed by atoms with E-state index < -0.39 is 21.6 Å². The molecule has 0 saturated carbocycles. The fraction of sp³-hybridized carbons (Fsp3) is 0.474. The highest BCUT2D eigenvalue weighted by atomic mass is 127. The molecule has 1 aromatic heterocycles. The Kier molecular flexibility index (Phi) is 8.00. The molecule has 0 bridgehead atoms. The first-order chi connectivity index (χ1) is 14.0. The van der Waals surface area contributed by atoms with E-state index in [-0.39, 0.29) is 59.6 Å². The maximum absolute atomic E-state index is 13.7. The number of sulfone groups is 1. The number of hydrogen-bond donors (Lipinski definition) is 2. The minimum Gasteiger partial charge on any atom is -0.353 e. The second-order valence-electron chi connectivity index (χ2n) is 7.35. The van der Waals surface area contributed by atoms with Crippen LogP contribution in [0.15, 0.2) is 29.3 Å². The van der Waals surface area contributed by atoms with Crippen LogP contribution < -0.4 is 10.6 Å². The highest BCUT2D eigenvalue weighted by Crippen LogP contribution is 2.33. The van der Waals surface area contributed by atoms with Crippen molar-refractivity contribution in [3.8, 4) is 5.69 Å². The molecule has 3 rings (SSSR count). The van der Waals surface area contributed by atoms with Crippen LogP contribution in [-0.4, -0.2) is 48.8 Å². The average molecular weight is 571 g/mol. The molecule has 12 heteroatoms. The summed E-state index contributed by atoms with van der Waals surface area (Å²) in [6.45, 7) is 3.44. The second-order valence-corrected chi connectivity index (χ2v) is 9.58. The molecule has 1 unspecified atom stereocenters. The van der Waals surface area contributed by atoms with E-state index in [1.165, 1.54) is 17.8 Å². The number of nitrogens with zero attached hydrogens (tertiary/aromatic N) is 3. The number of aryl methyl sites for hydroxylation is 2. The fourth-order valence-corrected chi connectivity index (χ4v) is 5.15. The van der Waals surface area contributed by atoms with Crippen LogP contribution in [0.25, 0.3) is 5.69 Å². The number of alkyl halides is 3. The molecule has 172 valence electrons. The Balaban J connectivity index is 0.00000341. The van der Waals surface area contributed by atoms with Crippen LogP contribution >= 0.6 is 24.0 Å².